The Morgan fingerprint density at radius 2 is 1.79 bits per heavy atom. The average Bonchev–Trinajstić information content (AvgIpc) is 3.59. The number of hydrogen-bond acceptors (Lipinski definition) is 6. The van der Waals surface area contributed by atoms with Crippen molar-refractivity contribution < 1.29 is 19.1 Å². The van der Waals surface area contributed by atoms with Crippen molar-refractivity contribution in [2.45, 2.75) is 44.2 Å². The van der Waals surface area contributed by atoms with Crippen LogP contribution in [0.25, 0.3) is 0 Å². The highest BCUT2D eigenvalue weighted by atomic mass is 32.2. The molecule has 4 bridgehead atoms. The Bertz CT molecular complexity index is 1040. The van der Waals surface area contributed by atoms with Crippen molar-refractivity contribution in [2.24, 2.45) is 0 Å². The summed E-state index contributed by atoms with van der Waals surface area (Å²) < 4.78 is 12.4. The van der Waals surface area contributed by atoms with E-state index in [9.17, 15) is 9.59 Å². The number of ether oxygens (including phenoxy) is 2. The number of fused-ring (bicyclic) bond motifs is 5. The molecular weight excluding hydrogens is 450 g/mol. The van der Waals surface area contributed by atoms with Gasteiger partial charge >= 0.3 is 0 Å². The van der Waals surface area contributed by atoms with E-state index in [0.717, 1.165) is 35.5 Å². The van der Waals surface area contributed by atoms with Crippen molar-refractivity contribution in [3.63, 3.8) is 0 Å². The molecule has 0 aromatic heterocycles. The summed E-state index contributed by atoms with van der Waals surface area (Å²) in [5.41, 5.74) is 2.11. The predicted molar refractivity (Wildman–Crippen MR) is 132 cm³/mol. The number of nitrogens with one attached hydrogen (secondary N) is 1. The standard InChI is InChI=1S/C26H31N3O4S/c1-34-17-26(31)29-13-23-24(14-29)32-16-19-5-3-7-22(11-19)33-21-6-2-4-18(10-21)12-28(20-8-9-20)15-25(30)27-23/h2-7,10-11,20,23-24H,8-9,12-17H2,1H3,(H,27,30)/t23-,24-/m0/s1. The van der Waals surface area contributed by atoms with Crippen LogP contribution < -0.4 is 10.1 Å². The van der Waals surface area contributed by atoms with Gasteiger partial charge in [0, 0.05) is 25.7 Å². The van der Waals surface area contributed by atoms with E-state index in [1.807, 2.05) is 53.6 Å². The lowest BCUT2D eigenvalue weighted by Gasteiger charge is -2.25. The molecule has 0 spiro atoms. The summed E-state index contributed by atoms with van der Waals surface area (Å²) >= 11 is 1.51. The van der Waals surface area contributed by atoms with E-state index in [1.165, 1.54) is 11.8 Å². The Hall–Kier alpha value is -2.55. The van der Waals surface area contributed by atoms with Crippen LogP contribution in [0.3, 0.4) is 0 Å². The van der Waals surface area contributed by atoms with Crippen LogP contribution in [0.5, 0.6) is 11.5 Å². The molecule has 1 saturated carbocycles. The minimum absolute atomic E-state index is 0.0221. The predicted octanol–water partition coefficient (Wildman–Crippen LogP) is 3.03. The number of carbonyl (C=O) groups is 2. The molecule has 1 saturated heterocycles. The fourth-order valence-corrected chi connectivity index (χ4v) is 5.10. The summed E-state index contributed by atoms with van der Waals surface area (Å²) in [6, 6.07) is 16.2. The van der Waals surface area contributed by atoms with Crippen LogP contribution >= 0.6 is 11.8 Å². The molecule has 2 fully saturated rings. The van der Waals surface area contributed by atoms with Gasteiger partial charge in [0.2, 0.25) is 11.8 Å². The summed E-state index contributed by atoms with van der Waals surface area (Å²) in [7, 11) is 0. The first-order valence-electron chi connectivity index (χ1n) is 11.8. The first-order valence-corrected chi connectivity index (χ1v) is 13.2. The normalized spacial score (nSPS) is 23.7. The number of benzene rings is 2. The maximum absolute atomic E-state index is 13.1. The zero-order chi connectivity index (χ0) is 23.5. The van der Waals surface area contributed by atoms with Crippen LogP contribution in [-0.4, -0.2) is 71.4 Å². The van der Waals surface area contributed by atoms with Crippen molar-refractivity contribution in [3.8, 4) is 11.5 Å². The number of hydrogen-bond donors (Lipinski definition) is 1. The number of likely N-dealkylation sites (tertiary alicyclic amines) is 1. The first-order chi connectivity index (χ1) is 16.6. The number of nitrogens with zero attached hydrogens (tertiary/aromatic N) is 2. The zero-order valence-corrected chi connectivity index (χ0v) is 20.3. The van der Waals surface area contributed by atoms with Crippen LogP contribution in [-0.2, 0) is 27.5 Å². The summed E-state index contributed by atoms with van der Waals surface area (Å²) in [5, 5.41) is 3.18. The molecule has 2 heterocycles. The van der Waals surface area contributed by atoms with E-state index in [0.29, 0.717) is 44.6 Å². The molecule has 1 aliphatic carbocycles. The first kappa shape index (κ1) is 23.2. The van der Waals surface area contributed by atoms with Crippen LogP contribution in [0.15, 0.2) is 48.5 Å². The van der Waals surface area contributed by atoms with Crippen molar-refractivity contribution in [3.05, 3.63) is 59.7 Å². The molecule has 34 heavy (non-hydrogen) atoms. The quantitative estimate of drug-likeness (QED) is 0.727. The smallest absolute Gasteiger partial charge is 0.234 e. The Morgan fingerprint density at radius 3 is 2.53 bits per heavy atom. The van der Waals surface area contributed by atoms with Crippen molar-refractivity contribution in [1.82, 2.24) is 15.1 Å². The summed E-state index contributed by atoms with van der Waals surface area (Å²) in [6.07, 6.45) is 3.89. The second-order valence-electron chi connectivity index (χ2n) is 9.29. The molecule has 1 N–H and O–H groups in total. The van der Waals surface area contributed by atoms with Gasteiger partial charge in [-0.25, -0.2) is 0 Å². The van der Waals surface area contributed by atoms with Crippen LogP contribution in [0.4, 0.5) is 0 Å². The number of rotatable bonds is 3. The molecule has 180 valence electrons. The van der Waals surface area contributed by atoms with Gasteiger partial charge < -0.3 is 19.7 Å². The lowest BCUT2D eigenvalue weighted by atomic mass is 10.1. The molecule has 2 aliphatic heterocycles. The third-order valence-corrected chi connectivity index (χ3v) is 7.06. The third kappa shape index (κ3) is 5.74. The van der Waals surface area contributed by atoms with Crippen LogP contribution in [0.1, 0.15) is 24.0 Å². The molecule has 2 amide bonds. The maximum Gasteiger partial charge on any atom is 0.234 e. The minimum atomic E-state index is -0.255. The Balaban J connectivity index is 1.41. The zero-order valence-electron chi connectivity index (χ0n) is 19.4. The van der Waals surface area contributed by atoms with E-state index < -0.39 is 0 Å². The Labute approximate surface area is 204 Å². The molecule has 5 rings (SSSR count). The highest BCUT2D eigenvalue weighted by molar-refractivity contribution is 7.99. The van der Waals surface area contributed by atoms with Gasteiger partial charge in [0.05, 0.1) is 31.1 Å². The van der Waals surface area contributed by atoms with E-state index in [4.69, 9.17) is 9.47 Å². The highest BCUT2D eigenvalue weighted by Gasteiger charge is 2.38. The van der Waals surface area contributed by atoms with E-state index >= 15 is 0 Å². The van der Waals surface area contributed by atoms with Gasteiger partial charge in [0.25, 0.3) is 0 Å². The second kappa shape index (κ2) is 10.4. The number of thioether (sulfide) groups is 1. The molecule has 0 radical (unpaired) electrons. The van der Waals surface area contributed by atoms with Gasteiger partial charge in [-0.3, -0.25) is 14.5 Å². The van der Waals surface area contributed by atoms with E-state index in [-0.39, 0.29) is 24.0 Å². The largest absolute Gasteiger partial charge is 0.457 e. The Morgan fingerprint density at radius 1 is 1.06 bits per heavy atom. The summed E-state index contributed by atoms with van der Waals surface area (Å²) in [5.74, 6) is 2.03. The van der Waals surface area contributed by atoms with Gasteiger partial charge in [-0.1, -0.05) is 24.3 Å². The van der Waals surface area contributed by atoms with Gasteiger partial charge in [-0.05, 0) is 54.5 Å². The fraction of sp³-hybridized carbons (Fsp3) is 0.462. The topological polar surface area (TPSA) is 71.1 Å². The maximum atomic E-state index is 13.1. The van der Waals surface area contributed by atoms with Gasteiger partial charge in [-0.2, -0.15) is 11.8 Å². The van der Waals surface area contributed by atoms with Crippen molar-refractivity contribution in [2.75, 3.05) is 31.6 Å². The van der Waals surface area contributed by atoms with Gasteiger partial charge in [-0.15, -0.1) is 0 Å². The lowest BCUT2D eigenvalue weighted by molar-refractivity contribution is -0.128. The average molecular weight is 482 g/mol. The third-order valence-electron chi connectivity index (χ3n) is 6.53. The molecule has 8 heteroatoms. The molecule has 2 atom stereocenters. The SMILES string of the molecule is CSCC(=O)N1C[C@@H]2NC(=O)CN(C3CC3)Cc3cccc(c3)Oc3cccc(c3)CO[C@H]2C1. The second-order valence-corrected chi connectivity index (χ2v) is 10.2. The highest BCUT2D eigenvalue weighted by Crippen LogP contribution is 2.30. The van der Waals surface area contributed by atoms with Gasteiger partial charge in [0.1, 0.15) is 11.5 Å². The number of carbonyl (C=O) groups excluding carboxylic acids is 2. The molecule has 3 aliphatic rings. The molecule has 7 nitrogen and oxygen atoms in total. The monoisotopic (exact) mass is 481 g/mol. The van der Waals surface area contributed by atoms with Crippen molar-refractivity contribution >= 4 is 23.6 Å². The van der Waals surface area contributed by atoms with Crippen LogP contribution in [0, 0.1) is 0 Å². The van der Waals surface area contributed by atoms with Gasteiger partial charge in [0.15, 0.2) is 0 Å². The molecule has 2 aromatic rings. The van der Waals surface area contributed by atoms with Crippen LogP contribution in [0.2, 0.25) is 0 Å². The molecule has 0 unspecified atom stereocenters. The number of amides is 2. The van der Waals surface area contributed by atoms with E-state index in [1.54, 1.807) is 0 Å². The molecule has 2 aromatic carbocycles. The molecular formula is C26H31N3O4S. The van der Waals surface area contributed by atoms with Crippen molar-refractivity contribution in [1.29, 1.82) is 0 Å². The fourth-order valence-electron chi connectivity index (χ4n) is 4.67. The summed E-state index contributed by atoms with van der Waals surface area (Å²) in [4.78, 5) is 29.7. The van der Waals surface area contributed by atoms with E-state index in [2.05, 4.69) is 16.3 Å². The summed E-state index contributed by atoms with van der Waals surface area (Å²) in [6.45, 7) is 2.37. The lowest BCUT2D eigenvalue weighted by Crippen LogP contribution is -2.48. The Kier molecular flexibility index (Phi) is 7.08. The minimum Gasteiger partial charge on any atom is -0.457 e.